The lowest BCUT2D eigenvalue weighted by Crippen LogP contribution is -2.71. The summed E-state index contributed by atoms with van der Waals surface area (Å²) in [5.41, 5.74) is 0.567. The van der Waals surface area contributed by atoms with Crippen molar-refractivity contribution in [2.45, 2.75) is 70.5 Å². The molecule has 3 atom stereocenters. The predicted octanol–water partition coefficient (Wildman–Crippen LogP) is 2.65. The Bertz CT molecular complexity index is 347. The summed E-state index contributed by atoms with van der Waals surface area (Å²) in [6, 6.07) is 0.647. The third-order valence-electron chi connectivity index (χ3n) is 5.97. The summed E-state index contributed by atoms with van der Waals surface area (Å²) in [6.45, 7) is 13.8. The number of nitrogens with one attached hydrogen (secondary N) is 1. The van der Waals surface area contributed by atoms with Crippen LogP contribution in [0.5, 0.6) is 0 Å². The quantitative estimate of drug-likeness (QED) is 0.860. The van der Waals surface area contributed by atoms with Gasteiger partial charge in [0, 0.05) is 36.8 Å². The maximum atomic E-state index is 5.85. The third-order valence-corrected chi connectivity index (χ3v) is 5.97. The van der Waals surface area contributed by atoms with Crippen LogP contribution in [0.4, 0.5) is 0 Å². The maximum absolute atomic E-state index is 5.85. The normalized spacial score (nSPS) is 44.0. The molecule has 2 aliphatic heterocycles. The first-order chi connectivity index (χ1) is 9.45. The Morgan fingerprint density at radius 2 is 2.00 bits per heavy atom. The van der Waals surface area contributed by atoms with Gasteiger partial charge in [-0.1, -0.05) is 13.8 Å². The molecule has 0 aromatic heterocycles. The van der Waals surface area contributed by atoms with Gasteiger partial charge in [0.2, 0.25) is 0 Å². The van der Waals surface area contributed by atoms with E-state index in [9.17, 15) is 0 Å². The van der Waals surface area contributed by atoms with Crippen molar-refractivity contribution in [3.63, 3.8) is 0 Å². The number of hydrogen-bond acceptors (Lipinski definition) is 3. The van der Waals surface area contributed by atoms with Crippen molar-refractivity contribution in [1.29, 1.82) is 0 Å². The highest BCUT2D eigenvalue weighted by Crippen LogP contribution is 2.44. The minimum Gasteiger partial charge on any atom is -0.380 e. The molecule has 0 aromatic rings. The van der Waals surface area contributed by atoms with Crippen molar-refractivity contribution in [2.24, 2.45) is 11.8 Å². The number of rotatable bonds is 3. The van der Waals surface area contributed by atoms with Gasteiger partial charge in [0.05, 0.1) is 6.61 Å². The van der Waals surface area contributed by atoms with Gasteiger partial charge in [0.1, 0.15) is 0 Å². The van der Waals surface area contributed by atoms with E-state index in [4.69, 9.17) is 4.74 Å². The average Bonchev–Trinajstić information content (AvgIpc) is 3.24. The van der Waals surface area contributed by atoms with Crippen molar-refractivity contribution in [3.8, 4) is 0 Å². The molecule has 1 aliphatic carbocycles. The molecule has 3 fully saturated rings. The topological polar surface area (TPSA) is 24.5 Å². The Balaban J connectivity index is 1.81. The molecule has 1 saturated carbocycles. The molecular weight excluding hydrogens is 248 g/mol. The van der Waals surface area contributed by atoms with Crippen LogP contribution in [-0.4, -0.2) is 48.3 Å². The van der Waals surface area contributed by atoms with Gasteiger partial charge >= 0.3 is 0 Å². The Hall–Kier alpha value is -0.120. The fourth-order valence-electron chi connectivity index (χ4n) is 4.30. The van der Waals surface area contributed by atoms with Crippen LogP contribution in [-0.2, 0) is 4.74 Å². The molecule has 1 N–H and O–H groups in total. The fourth-order valence-corrected chi connectivity index (χ4v) is 4.30. The summed E-state index contributed by atoms with van der Waals surface area (Å²) in [7, 11) is 0. The Morgan fingerprint density at radius 1 is 1.25 bits per heavy atom. The molecule has 3 aliphatic rings. The zero-order valence-electron chi connectivity index (χ0n) is 13.7. The SMILES string of the molecule is CC(C)C1CNC(C)(C2CC2)CN1C1(C)CCCOC1. The third kappa shape index (κ3) is 2.65. The van der Waals surface area contributed by atoms with Crippen LogP contribution in [0.1, 0.15) is 53.4 Å². The van der Waals surface area contributed by atoms with E-state index in [1.54, 1.807) is 0 Å². The predicted molar refractivity (Wildman–Crippen MR) is 82.9 cm³/mol. The largest absolute Gasteiger partial charge is 0.380 e. The van der Waals surface area contributed by atoms with Gasteiger partial charge in [-0.25, -0.2) is 0 Å². The van der Waals surface area contributed by atoms with E-state index in [1.807, 2.05) is 0 Å². The number of ether oxygens (including phenoxy) is 1. The molecule has 3 rings (SSSR count). The van der Waals surface area contributed by atoms with E-state index in [2.05, 4.69) is 37.9 Å². The van der Waals surface area contributed by atoms with Crippen molar-refractivity contribution >= 4 is 0 Å². The first-order valence-corrected chi connectivity index (χ1v) is 8.54. The summed E-state index contributed by atoms with van der Waals surface area (Å²) >= 11 is 0. The highest BCUT2D eigenvalue weighted by molar-refractivity contribution is 5.08. The molecule has 0 spiro atoms. The van der Waals surface area contributed by atoms with Gasteiger partial charge in [-0.2, -0.15) is 0 Å². The molecule has 0 aromatic carbocycles. The molecule has 2 saturated heterocycles. The van der Waals surface area contributed by atoms with Gasteiger partial charge in [-0.15, -0.1) is 0 Å². The summed E-state index contributed by atoms with van der Waals surface area (Å²) in [4.78, 5) is 2.81. The van der Waals surface area contributed by atoms with Crippen molar-refractivity contribution in [3.05, 3.63) is 0 Å². The lowest BCUT2D eigenvalue weighted by molar-refractivity contribution is -0.0927. The summed E-state index contributed by atoms with van der Waals surface area (Å²) in [5, 5.41) is 3.89. The fraction of sp³-hybridized carbons (Fsp3) is 1.00. The minimum absolute atomic E-state index is 0.242. The van der Waals surface area contributed by atoms with Gasteiger partial charge in [0.25, 0.3) is 0 Å². The van der Waals surface area contributed by atoms with Crippen LogP contribution in [0.25, 0.3) is 0 Å². The second-order valence-corrected chi connectivity index (χ2v) is 8.16. The molecule has 2 heterocycles. The Morgan fingerprint density at radius 3 is 2.55 bits per heavy atom. The maximum Gasteiger partial charge on any atom is 0.0647 e. The second kappa shape index (κ2) is 5.26. The van der Waals surface area contributed by atoms with E-state index in [1.165, 1.54) is 32.2 Å². The van der Waals surface area contributed by atoms with E-state index in [0.29, 0.717) is 17.5 Å². The Labute approximate surface area is 124 Å². The van der Waals surface area contributed by atoms with Crippen LogP contribution in [0, 0.1) is 11.8 Å². The van der Waals surface area contributed by atoms with Gasteiger partial charge in [-0.3, -0.25) is 4.90 Å². The van der Waals surface area contributed by atoms with Crippen LogP contribution < -0.4 is 5.32 Å². The van der Waals surface area contributed by atoms with E-state index in [0.717, 1.165) is 25.7 Å². The zero-order chi connectivity index (χ0) is 14.4. The average molecular weight is 280 g/mol. The zero-order valence-corrected chi connectivity index (χ0v) is 13.7. The molecule has 3 unspecified atom stereocenters. The highest BCUT2D eigenvalue weighted by Gasteiger charge is 2.50. The minimum atomic E-state index is 0.242. The molecule has 0 amide bonds. The smallest absolute Gasteiger partial charge is 0.0647 e. The van der Waals surface area contributed by atoms with Gasteiger partial charge < -0.3 is 10.1 Å². The van der Waals surface area contributed by atoms with Crippen LogP contribution in [0.15, 0.2) is 0 Å². The number of nitrogens with zero attached hydrogens (tertiary/aromatic N) is 1. The van der Waals surface area contributed by atoms with Crippen molar-refractivity contribution < 1.29 is 4.74 Å². The molecule has 0 bridgehead atoms. The highest BCUT2D eigenvalue weighted by atomic mass is 16.5. The Kier molecular flexibility index (Phi) is 3.89. The van der Waals surface area contributed by atoms with E-state index >= 15 is 0 Å². The monoisotopic (exact) mass is 280 g/mol. The number of piperazine rings is 1. The lowest BCUT2D eigenvalue weighted by atomic mass is 9.82. The molecule has 3 nitrogen and oxygen atoms in total. The van der Waals surface area contributed by atoms with Crippen molar-refractivity contribution in [1.82, 2.24) is 10.2 Å². The first-order valence-electron chi connectivity index (χ1n) is 8.54. The number of hydrogen-bond donors (Lipinski definition) is 1. The molecule has 3 heteroatoms. The second-order valence-electron chi connectivity index (χ2n) is 8.16. The molecule has 116 valence electrons. The summed E-state index contributed by atoms with van der Waals surface area (Å²) < 4.78 is 5.85. The molecule has 20 heavy (non-hydrogen) atoms. The van der Waals surface area contributed by atoms with Crippen molar-refractivity contribution in [2.75, 3.05) is 26.3 Å². The molecule has 0 radical (unpaired) electrons. The first kappa shape index (κ1) is 14.8. The van der Waals surface area contributed by atoms with Crippen LogP contribution in [0.2, 0.25) is 0 Å². The van der Waals surface area contributed by atoms with E-state index in [-0.39, 0.29) is 5.54 Å². The van der Waals surface area contributed by atoms with Gasteiger partial charge in [0.15, 0.2) is 0 Å². The summed E-state index contributed by atoms with van der Waals surface area (Å²) in [6.07, 6.45) is 5.33. The standard InChI is InChI=1S/C17H32N2O/c1-13(2)15-10-18-17(4,14-6-7-14)11-19(15)16(3)8-5-9-20-12-16/h13-15,18H,5-12H2,1-4H3. The lowest BCUT2D eigenvalue weighted by Gasteiger charge is -2.56. The van der Waals surface area contributed by atoms with Crippen LogP contribution >= 0.6 is 0 Å². The summed E-state index contributed by atoms with van der Waals surface area (Å²) in [5.74, 6) is 1.59. The van der Waals surface area contributed by atoms with E-state index < -0.39 is 0 Å². The van der Waals surface area contributed by atoms with Gasteiger partial charge in [-0.05, 0) is 51.4 Å². The molecular formula is C17H32N2O. The van der Waals surface area contributed by atoms with Crippen LogP contribution in [0.3, 0.4) is 0 Å².